The summed E-state index contributed by atoms with van der Waals surface area (Å²) in [7, 11) is 0. The first-order valence-corrected chi connectivity index (χ1v) is 10.7. The first kappa shape index (κ1) is 19.2. The minimum Gasteiger partial charge on any atom is -0.486 e. The number of aromatic amines is 2. The number of nitrogens with one attached hydrogen (secondary N) is 3. The van der Waals surface area contributed by atoms with Gasteiger partial charge in [-0.3, -0.25) is 9.69 Å². The molecular formula is C21H21BrN4O4. The number of ether oxygens (including phenoxy) is 2. The van der Waals surface area contributed by atoms with E-state index in [4.69, 9.17) is 9.47 Å². The molecule has 30 heavy (non-hydrogen) atoms. The molecule has 8 nitrogen and oxygen atoms in total. The van der Waals surface area contributed by atoms with E-state index >= 15 is 0 Å². The molecule has 0 aliphatic carbocycles. The first-order chi connectivity index (χ1) is 14.6. The molecule has 5 rings (SSSR count). The van der Waals surface area contributed by atoms with Crippen LogP contribution >= 0.6 is 15.9 Å². The van der Waals surface area contributed by atoms with Crippen molar-refractivity contribution < 1.29 is 14.3 Å². The highest BCUT2D eigenvalue weighted by molar-refractivity contribution is 9.10. The van der Waals surface area contributed by atoms with Gasteiger partial charge in [0.2, 0.25) is 5.91 Å². The maximum absolute atomic E-state index is 12.8. The molecule has 1 aromatic heterocycles. The van der Waals surface area contributed by atoms with Crippen molar-refractivity contribution in [3.63, 3.8) is 0 Å². The van der Waals surface area contributed by atoms with E-state index in [9.17, 15) is 9.59 Å². The molecule has 1 saturated heterocycles. The number of hydrogen-bond donors (Lipinski definition) is 3. The topological polar surface area (TPSA) is 99.4 Å². The predicted molar refractivity (Wildman–Crippen MR) is 116 cm³/mol. The smallest absolute Gasteiger partial charge is 0.323 e. The minimum atomic E-state index is -0.278. The minimum absolute atomic E-state index is 0.0997. The second-order valence-corrected chi connectivity index (χ2v) is 8.39. The molecule has 1 fully saturated rings. The van der Waals surface area contributed by atoms with Crippen LogP contribution in [0.1, 0.15) is 24.4 Å². The zero-order chi connectivity index (χ0) is 20.7. The lowest BCUT2D eigenvalue weighted by molar-refractivity contribution is -0.117. The monoisotopic (exact) mass is 472 g/mol. The van der Waals surface area contributed by atoms with Gasteiger partial charge < -0.3 is 24.8 Å². The summed E-state index contributed by atoms with van der Waals surface area (Å²) in [6.45, 7) is 2.27. The van der Waals surface area contributed by atoms with E-state index in [1.54, 1.807) is 12.1 Å². The Morgan fingerprint density at radius 3 is 2.73 bits per heavy atom. The quantitative estimate of drug-likeness (QED) is 0.541. The van der Waals surface area contributed by atoms with Gasteiger partial charge >= 0.3 is 5.69 Å². The molecule has 0 unspecified atom stereocenters. The number of imidazole rings is 1. The Labute approximate surface area is 180 Å². The molecule has 0 spiro atoms. The summed E-state index contributed by atoms with van der Waals surface area (Å²) in [6.07, 6.45) is 2.03. The summed E-state index contributed by atoms with van der Waals surface area (Å²) < 4.78 is 12.0. The van der Waals surface area contributed by atoms with Gasteiger partial charge in [0.1, 0.15) is 13.2 Å². The van der Waals surface area contributed by atoms with Crippen LogP contribution < -0.4 is 20.5 Å². The van der Waals surface area contributed by atoms with Gasteiger partial charge in [-0.2, -0.15) is 0 Å². The molecule has 9 heteroatoms. The second-order valence-electron chi connectivity index (χ2n) is 7.54. The Kier molecular flexibility index (Phi) is 5.00. The zero-order valence-electron chi connectivity index (χ0n) is 16.2. The molecule has 156 valence electrons. The number of carbonyl (C=O) groups excluding carboxylic acids is 1. The van der Waals surface area contributed by atoms with Crippen LogP contribution in [0.25, 0.3) is 11.0 Å². The summed E-state index contributed by atoms with van der Waals surface area (Å²) in [6, 6.07) is 9.72. The Bertz CT molecular complexity index is 1170. The molecule has 2 aromatic carbocycles. The SMILES string of the molecule is O=C(CN1CCC[C@@H]1c1ccc2c(c1)OCCO2)Nc1cc2[nH]c(=O)[nH]c2cc1Br. The van der Waals surface area contributed by atoms with E-state index in [2.05, 4.69) is 42.2 Å². The summed E-state index contributed by atoms with van der Waals surface area (Å²) >= 11 is 3.46. The van der Waals surface area contributed by atoms with E-state index in [1.807, 2.05) is 12.1 Å². The highest BCUT2D eigenvalue weighted by atomic mass is 79.9. The Hall–Kier alpha value is -2.78. The van der Waals surface area contributed by atoms with Crippen molar-refractivity contribution in [3.8, 4) is 11.5 Å². The van der Waals surface area contributed by atoms with Crippen LogP contribution in [-0.2, 0) is 4.79 Å². The highest BCUT2D eigenvalue weighted by Gasteiger charge is 2.29. The summed E-state index contributed by atoms with van der Waals surface area (Å²) in [5.41, 5.74) is 2.81. The van der Waals surface area contributed by atoms with Crippen LogP contribution in [0.15, 0.2) is 39.6 Å². The van der Waals surface area contributed by atoms with Crippen molar-refractivity contribution in [2.24, 2.45) is 0 Å². The van der Waals surface area contributed by atoms with Crippen LogP contribution in [0, 0.1) is 0 Å². The number of halogens is 1. The van der Waals surface area contributed by atoms with Gasteiger partial charge in [-0.1, -0.05) is 6.07 Å². The van der Waals surface area contributed by atoms with Gasteiger partial charge in [0, 0.05) is 10.5 Å². The number of carbonyl (C=O) groups is 1. The molecular weight excluding hydrogens is 452 g/mol. The average Bonchev–Trinajstić information content (AvgIpc) is 3.33. The number of rotatable bonds is 4. The Balaban J connectivity index is 1.30. The summed E-state index contributed by atoms with van der Waals surface area (Å²) in [5, 5.41) is 2.95. The van der Waals surface area contributed by atoms with E-state index in [0.717, 1.165) is 36.4 Å². The van der Waals surface area contributed by atoms with Crippen LogP contribution in [0.2, 0.25) is 0 Å². The maximum Gasteiger partial charge on any atom is 0.323 e. The number of hydrogen-bond acceptors (Lipinski definition) is 5. The van der Waals surface area contributed by atoms with E-state index in [0.29, 0.717) is 34.4 Å². The van der Waals surface area contributed by atoms with Gasteiger partial charge in [0.05, 0.1) is 23.3 Å². The lowest BCUT2D eigenvalue weighted by atomic mass is 10.0. The van der Waals surface area contributed by atoms with Crippen molar-refractivity contribution in [3.05, 3.63) is 50.9 Å². The molecule has 3 heterocycles. The first-order valence-electron chi connectivity index (χ1n) is 9.92. The number of likely N-dealkylation sites (tertiary alicyclic amines) is 1. The highest BCUT2D eigenvalue weighted by Crippen LogP contribution is 2.38. The molecule has 3 aromatic rings. The van der Waals surface area contributed by atoms with Gasteiger partial charge in [0.15, 0.2) is 11.5 Å². The summed E-state index contributed by atoms with van der Waals surface area (Å²) in [5.74, 6) is 1.44. The lowest BCUT2D eigenvalue weighted by Crippen LogP contribution is -2.33. The number of benzene rings is 2. The molecule has 1 amide bonds. The largest absolute Gasteiger partial charge is 0.486 e. The van der Waals surface area contributed by atoms with Crippen LogP contribution in [-0.4, -0.2) is 47.1 Å². The van der Waals surface area contributed by atoms with Gasteiger partial charge in [-0.15, -0.1) is 0 Å². The molecule has 2 aliphatic heterocycles. The van der Waals surface area contributed by atoms with Crippen LogP contribution in [0.4, 0.5) is 5.69 Å². The van der Waals surface area contributed by atoms with Crippen LogP contribution in [0.3, 0.4) is 0 Å². The van der Waals surface area contributed by atoms with Gasteiger partial charge in [0.25, 0.3) is 0 Å². The van der Waals surface area contributed by atoms with E-state index < -0.39 is 0 Å². The fourth-order valence-electron chi connectivity index (χ4n) is 4.19. The molecule has 3 N–H and O–H groups in total. The lowest BCUT2D eigenvalue weighted by Gasteiger charge is -2.26. The maximum atomic E-state index is 12.8. The van der Waals surface area contributed by atoms with Crippen molar-refractivity contribution >= 4 is 38.6 Å². The molecule has 1 atom stereocenters. The fourth-order valence-corrected chi connectivity index (χ4v) is 4.63. The Morgan fingerprint density at radius 1 is 1.13 bits per heavy atom. The fraction of sp³-hybridized carbons (Fsp3) is 0.333. The molecule has 0 saturated carbocycles. The number of fused-ring (bicyclic) bond motifs is 2. The molecule has 2 aliphatic rings. The van der Waals surface area contributed by atoms with Gasteiger partial charge in [-0.25, -0.2) is 4.79 Å². The molecule has 0 radical (unpaired) electrons. The Morgan fingerprint density at radius 2 is 1.90 bits per heavy atom. The second kappa shape index (κ2) is 7.81. The van der Waals surface area contributed by atoms with Crippen LogP contribution in [0.5, 0.6) is 11.5 Å². The van der Waals surface area contributed by atoms with Crippen molar-refractivity contribution in [2.45, 2.75) is 18.9 Å². The van der Waals surface area contributed by atoms with Gasteiger partial charge in [-0.05, 0) is 65.1 Å². The molecule has 0 bridgehead atoms. The van der Waals surface area contributed by atoms with Crippen molar-refractivity contribution in [1.82, 2.24) is 14.9 Å². The predicted octanol–water partition coefficient (Wildman–Crippen LogP) is 3.17. The van der Waals surface area contributed by atoms with E-state index in [-0.39, 0.29) is 24.2 Å². The third kappa shape index (κ3) is 3.70. The number of anilines is 1. The standard InChI is InChI=1S/C21H21BrN4O4/c22-13-9-15-16(25-21(28)24-15)10-14(13)23-20(27)11-26-5-1-2-17(26)12-3-4-18-19(8-12)30-7-6-29-18/h3-4,8-10,17H,1-2,5-7,11H2,(H,23,27)(H2,24,25,28)/t17-/m1/s1. The number of H-pyrrole nitrogens is 2. The number of aromatic nitrogens is 2. The van der Waals surface area contributed by atoms with Crippen molar-refractivity contribution in [1.29, 1.82) is 0 Å². The number of nitrogens with zero attached hydrogens (tertiary/aromatic N) is 1. The average molecular weight is 473 g/mol. The van der Waals surface area contributed by atoms with Crippen molar-refractivity contribution in [2.75, 3.05) is 31.6 Å². The summed E-state index contributed by atoms with van der Waals surface area (Å²) in [4.78, 5) is 31.9. The third-order valence-corrected chi connectivity index (χ3v) is 6.20. The number of amides is 1. The third-order valence-electron chi connectivity index (χ3n) is 5.54. The van der Waals surface area contributed by atoms with E-state index in [1.165, 1.54) is 0 Å². The normalized spacial score (nSPS) is 18.6. The zero-order valence-corrected chi connectivity index (χ0v) is 17.8.